The van der Waals surface area contributed by atoms with Crippen LogP contribution in [0.25, 0.3) is 5.57 Å². The first-order chi connectivity index (χ1) is 22.4. The maximum atomic E-state index is 15.1. The molecule has 1 heterocycles. The predicted octanol–water partition coefficient (Wildman–Crippen LogP) is 5.29. The van der Waals surface area contributed by atoms with Crippen molar-refractivity contribution in [2.24, 2.45) is 23.7 Å². The number of hydrogen-bond acceptors (Lipinski definition) is 6. The Kier molecular flexibility index (Phi) is 7.81. The molecule has 1 N–H and O–H groups in total. The Hall–Kier alpha value is -4.62. The Morgan fingerprint density at radius 2 is 1.57 bits per heavy atom. The van der Waals surface area contributed by atoms with Gasteiger partial charge in [-0.05, 0) is 48.4 Å². The van der Waals surface area contributed by atoms with Gasteiger partial charge in [0, 0.05) is 29.5 Å². The van der Waals surface area contributed by atoms with Crippen LogP contribution in [0.2, 0.25) is 0 Å². The summed E-state index contributed by atoms with van der Waals surface area (Å²) in [7, 11) is 0. The van der Waals surface area contributed by atoms with E-state index in [4.69, 9.17) is 4.74 Å². The smallest absolute Gasteiger partial charge is 0.233 e. The van der Waals surface area contributed by atoms with Gasteiger partial charge in [-0.1, -0.05) is 97.4 Å². The summed E-state index contributed by atoms with van der Waals surface area (Å²) in [6.45, 7) is 2.18. The molecule has 0 aromatic heterocycles. The summed E-state index contributed by atoms with van der Waals surface area (Å²) in [5, 5.41) is 9.65. The van der Waals surface area contributed by atoms with E-state index in [9.17, 15) is 19.5 Å². The second-order valence-corrected chi connectivity index (χ2v) is 12.7. The number of likely N-dealkylation sites (tertiary alicyclic amines) is 1. The summed E-state index contributed by atoms with van der Waals surface area (Å²) in [6, 6.07) is 26.2. The minimum atomic E-state index is -1.32. The van der Waals surface area contributed by atoms with Crippen LogP contribution in [0, 0.1) is 23.7 Å². The van der Waals surface area contributed by atoms with Gasteiger partial charge < -0.3 is 9.84 Å². The molecule has 1 saturated heterocycles. The number of carbonyl (C=O) groups is 4. The number of imide groups is 1. The van der Waals surface area contributed by atoms with Crippen molar-refractivity contribution in [3.8, 4) is 5.75 Å². The number of amides is 2. The zero-order valence-electron chi connectivity index (χ0n) is 25.8. The molecule has 2 fully saturated rings. The van der Waals surface area contributed by atoms with Crippen LogP contribution in [-0.4, -0.2) is 53.1 Å². The van der Waals surface area contributed by atoms with Crippen LogP contribution in [0.5, 0.6) is 5.75 Å². The summed E-state index contributed by atoms with van der Waals surface area (Å²) >= 11 is 0. The number of aliphatic hydroxyl groups excluding tert-OH is 1. The Bertz CT molecular complexity index is 1760. The highest BCUT2D eigenvalue weighted by molar-refractivity contribution is 6.31. The third-order valence-corrected chi connectivity index (χ3v) is 10.5. The number of hydrogen-bond donors (Lipinski definition) is 1. The molecule has 1 saturated carbocycles. The van der Waals surface area contributed by atoms with E-state index in [1.165, 1.54) is 11.0 Å². The Balaban J connectivity index is 1.50. The number of fused-ring (bicyclic) bond motifs is 4. The molecular weight excluding hydrogens is 578 g/mol. The molecule has 0 radical (unpaired) electrons. The molecule has 3 aromatic carbocycles. The molecule has 2 amide bonds. The molecule has 7 rings (SSSR count). The highest BCUT2D eigenvalue weighted by Gasteiger charge is 2.66. The first-order valence-electron chi connectivity index (χ1n) is 16.2. The van der Waals surface area contributed by atoms with Gasteiger partial charge in [-0.2, -0.15) is 0 Å². The number of aliphatic hydroxyl groups is 1. The zero-order valence-corrected chi connectivity index (χ0v) is 25.8. The van der Waals surface area contributed by atoms with E-state index in [1.807, 2.05) is 91.9 Å². The number of nitrogens with zero attached hydrogens (tertiary/aromatic N) is 1. The minimum Gasteiger partial charge on any atom is -0.491 e. The van der Waals surface area contributed by atoms with Crippen LogP contribution in [0.3, 0.4) is 0 Å². The molecule has 6 atom stereocenters. The largest absolute Gasteiger partial charge is 0.491 e. The van der Waals surface area contributed by atoms with E-state index >= 15 is 4.79 Å². The van der Waals surface area contributed by atoms with Crippen LogP contribution in [0.1, 0.15) is 48.8 Å². The van der Waals surface area contributed by atoms with Crippen molar-refractivity contribution in [3.05, 3.63) is 119 Å². The lowest BCUT2D eigenvalue weighted by atomic mass is 9.44. The highest BCUT2D eigenvalue weighted by Crippen LogP contribution is 2.64. The molecule has 3 aromatic rings. The van der Waals surface area contributed by atoms with E-state index in [1.54, 1.807) is 0 Å². The number of Topliss-reactive ketones (excluding diaryl/α,β-unsaturated/α-hetero) is 1. The summed E-state index contributed by atoms with van der Waals surface area (Å²) < 4.78 is 6.09. The first-order valence-corrected chi connectivity index (χ1v) is 16.2. The third kappa shape index (κ3) is 4.43. The molecule has 6 unspecified atom stereocenters. The average Bonchev–Trinajstić information content (AvgIpc) is 3.34. The molecule has 46 heavy (non-hydrogen) atoms. The third-order valence-electron chi connectivity index (χ3n) is 10.5. The summed E-state index contributed by atoms with van der Waals surface area (Å²) in [4.78, 5) is 59.0. The fourth-order valence-electron chi connectivity index (χ4n) is 8.73. The van der Waals surface area contributed by atoms with Crippen molar-refractivity contribution in [3.63, 3.8) is 0 Å². The Morgan fingerprint density at radius 3 is 2.28 bits per heavy atom. The minimum absolute atomic E-state index is 0.0581. The van der Waals surface area contributed by atoms with Crippen molar-refractivity contribution in [1.82, 2.24) is 4.90 Å². The fourth-order valence-corrected chi connectivity index (χ4v) is 8.73. The normalized spacial score (nSPS) is 28.7. The lowest BCUT2D eigenvalue weighted by Crippen LogP contribution is -2.58. The molecular formula is C39H37NO6. The van der Waals surface area contributed by atoms with Gasteiger partial charge in [-0.15, -0.1) is 0 Å². The van der Waals surface area contributed by atoms with Gasteiger partial charge >= 0.3 is 0 Å². The van der Waals surface area contributed by atoms with E-state index in [-0.39, 0.29) is 43.0 Å². The molecule has 7 heteroatoms. The number of ether oxygens (including phenoxy) is 1. The number of para-hydroxylation sites is 1. The maximum Gasteiger partial charge on any atom is 0.233 e. The van der Waals surface area contributed by atoms with E-state index < -0.39 is 35.0 Å². The molecule has 0 bridgehead atoms. The van der Waals surface area contributed by atoms with E-state index in [0.29, 0.717) is 36.3 Å². The summed E-state index contributed by atoms with van der Waals surface area (Å²) in [5.74, 6) is -3.09. The Morgan fingerprint density at radius 1 is 0.870 bits per heavy atom. The van der Waals surface area contributed by atoms with Crippen LogP contribution in [0.4, 0.5) is 0 Å². The summed E-state index contributed by atoms with van der Waals surface area (Å²) in [5.41, 5.74) is 2.07. The van der Waals surface area contributed by atoms with Gasteiger partial charge in [-0.3, -0.25) is 24.1 Å². The van der Waals surface area contributed by atoms with Gasteiger partial charge in [0.25, 0.3) is 0 Å². The molecule has 4 aliphatic rings. The van der Waals surface area contributed by atoms with Gasteiger partial charge in [0.1, 0.15) is 12.4 Å². The SMILES string of the molecule is CCCN1C(=O)C2CC=C3C(CC4C(=O)C(c5ccccc5)=CC(=O)C4(c4ccccc4)C3c3ccccc3OCCO)C2C1=O. The van der Waals surface area contributed by atoms with Gasteiger partial charge in [0.05, 0.1) is 23.9 Å². The first kappa shape index (κ1) is 30.1. The Labute approximate surface area is 268 Å². The molecule has 3 aliphatic carbocycles. The predicted molar refractivity (Wildman–Crippen MR) is 173 cm³/mol. The van der Waals surface area contributed by atoms with Crippen molar-refractivity contribution in [2.45, 2.75) is 37.5 Å². The van der Waals surface area contributed by atoms with Gasteiger partial charge in [-0.25, -0.2) is 0 Å². The topological polar surface area (TPSA) is 101 Å². The molecule has 0 spiro atoms. The second kappa shape index (κ2) is 12.0. The lowest BCUT2D eigenvalue weighted by molar-refractivity contribution is -0.140. The number of ketones is 2. The molecule has 1 aliphatic heterocycles. The summed E-state index contributed by atoms with van der Waals surface area (Å²) in [6.07, 6.45) is 4.91. The fraction of sp³-hybridized carbons (Fsp3) is 0.333. The maximum absolute atomic E-state index is 15.1. The number of allylic oxidation sites excluding steroid dienone is 4. The van der Waals surface area contributed by atoms with Gasteiger partial charge in [0.2, 0.25) is 11.8 Å². The highest BCUT2D eigenvalue weighted by atomic mass is 16.5. The number of rotatable bonds is 8. The lowest BCUT2D eigenvalue weighted by Gasteiger charge is -2.55. The van der Waals surface area contributed by atoms with Crippen LogP contribution >= 0.6 is 0 Å². The van der Waals surface area contributed by atoms with Crippen molar-refractivity contribution < 1.29 is 29.0 Å². The van der Waals surface area contributed by atoms with Gasteiger partial charge in [0.15, 0.2) is 11.6 Å². The van der Waals surface area contributed by atoms with E-state index in [2.05, 4.69) is 6.08 Å². The monoisotopic (exact) mass is 615 g/mol. The quantitative estimate of drug-likeness (QED) is 0.273. The van der Waals surface area contributed by atoms with E-state index in [0.717, 1.165) is 16.7 Å². The van der Waals surface area contributed by atoms with Crippen molar-refractivity contribution >= 4 is 29.0 Å². The molecule has 234 valence electrons. The number of carbonyl (C=O) groups excluding carboxylic acids is 4. The second-order valence-electron chi connectivity index (χ2n) is 12.7. The number of benzene rings is 3. The zero-order chi connectivity index (χ0) is 32.0. The van der Waals surface area contributed by atoms with Crippen molar-refractivity contribution in [2.75, 3.05) is 19.8 Å². The standard InChI is InChI=1S/C39H37NO6/c1-2-19-40-37(44)28-18-17-26-30(34(28)38(40)45)22-31-36(43)29(24-11-5-3-6-12-24)23-33(42)39(31,25-13-7-4-8-14-25)35(26)27-15-9-10-16-32(27)46-21-20-41/h3-17,23,28,30-31,34-35,41H,2,18-22H2,1H3. The van der Waals surface area contributed by atoms with Crippen LogP contribution in [0.15, 0.2) is 103 Å². The average molecular weight is 616 g/mol. The van der Waals surface area contributed by atoms with Crippen LogP contribution in [-0.2, 0) is 24.6 Å². The van der Waals surface area contributed by atoms with Crippen molar-refractivity contribution in [1.29, 1.82) is 0 Å². The molecule has 7 nitrogen and oxygen atoms in total. The van der Waals surface area contributed by atoms with Crippen LogP contribution < -0.4 is 4.74 Å².